The van der Waals surface area contributed by atoms with Crippen LogP contribution in [0.15, 0.2) is 18.2 Å². The van der Waals surface area contributed by atoms with Gasteiger partial charge in [-0.25, -0.2) is 0 Å². The lowest BCUT2D eigenvalue weighted by Gasteiger charge is -2.22. The Bertz CT molecular complexity index is 515. The van der Waals surface area contributed by atoms with E-state index < -0.39 is 0 Å². The summed E-state index contributed by atoms with van der Waals surface area (Å²) in [7, 11) is 0. The molecule has 2 aliphatic heterocycles. The molecule has 0 N–H and O–H groups in total. The molecular weight excluding hydrogens is 236 g/mol. The maximum atomic E-state index is 12.3. The molecule has 0 aromatic heterocycles. The van der Waals surface area contributed by atoms with Gasteiger partial charge in [-0.1, -0.05) is 6.07 Å². The Balaban J connectivity index is 1.64. The number of anilines is 2. The van der Waals surface area contributed by atoms with Crippen molar-refractivity contribution in [3.8, 4) is 0 Å². The summed E-state index contributed by atoms with van der Waals surface area (Å²) in [5.74, 6) is 0.679. The lowest BCUT2D eigenvalue weighted by Crippen LogP contribution is -2.30. The highest BCUT2D eigenvalue weighted by atomic mass is 16.2. The Morgan fingerprint density at radius 2 is 1.89 bits per heavy atom. The van der Waals surface area contributed by atoms with Crippen LogP contribution in [0.25, 0.3) is 0 Å². The van der Waals surface area contributed by atoms with Crippen molar-refractivity contribution in [2.24, 2.45) is 5.92 Å². The Morgan fingerprint density at radius 1 is 1.11 bits per heavy atom. The fourth-order valence-corrected chi connectivity index (χ4v) is 3.32. The summed E-state index contributed by atoms with van der Waals surface area (Å²) in [6.45, 7) is 3.21. The highest BCUT2D eigenvalue weighted by molar-refractivity contribution is 5.98. The lowest BCUT2D eigenvalue weighted by molar-refractivity contribution is -0.119. The number of hydrogen-bond donors (Lipinski definition) is 0. The first-order valence-corrected chi connectivity index (χ1v) is 7.52. The molecule has 3 nitrogen and oxygen atoms in total. The molecule has 19 heavy (non-hydrogen) atoms. The molecule has 3 heteroatoms. The summed E-state index contributed by atoms with van der Waals surface area (Å²) in [4.78, 5) is 16.8. The monoisotopic (exact) mass is 256 g/mol. The number of benzene rings is 1. The van der Waals surface area contributed by atoms with Crippen molar-refractivity contribution < 1.29 is 4.79 Å². The molecule has 2 heterocycles. The number of carbonyl (C=O) groups excluding carboxylic acids is 1. The number of amides is 1. The van der Waals surface area contributed by atoms with Crippen LogP contribution in [0.2, 0.25) is 0 Å². The van der Waals surface area contributed by atoms with Crippen LogP contribution in [0.5, 0.6) is 0 Å². The van der Waals surface area contributed by atoms with Gasteiger partial charge in [0.1, 0.15) is 0 Å². The summed E-state index contributed by atoms with van der Waals surface area (Å²) in [6, 6.07) is 6.70. The minimum Gasteiger partial charge on any atom is -0.371 e. The predicted molar refractivity (Wildman–Crippen MR) is 76.7 cm³/mol. The molecule has 2 fully saturated rings. The Kier molecular flexibility index (Phi) is 2.54. The zero-order valence-corrected chi connectivity index (χ0v) is 11.3. The number of carbonyl (C=O) groups is 1. The van der Waals surface area contributed by atoms with Gasteiger partial charge < -0.3 is 9.80 Å². The maximum absolute atomic E-state index is 12.3. The Hall–Kier alpha value is -1.51. The molecule has 0 unspecified atom stereocenters. The third-order valence-corrected chi connectivity index (χ3v) is 4.63. The number of rotatable bonds is 2. The van der Waals surface area contributed by atoms with Crippen LogP contribution in [0.4, 0.5) is 11.4 Å². The predicted octanol–water partition coefficient (Wildman–Crippen LogP) is 2.59. The van der Waals surface area contributed by atoms with E-state index in [2.05, 4.69) is 23.1 Å². The summed E-state index contributed by atoms with van der Waals surface area (Å²) in [6.07, 6.45) is 5.80. The van der Waals surface area contributed by atoms with Gasteiger partial charge in [0.15, 0.2) is 0 Å². The second kappa shape index (κ2) is 4.26. The van der Waals surface area contributed by atoms with Gasteiger partial charge >= 0.3 is 0 Å². The largest absolute Gasteiger partial charge is 0.371 e. The highest BCUT2D eigenvalue weighted by Gasteiger charge is 2.36. The molecule has 1 aromatic carbocycles. The van der Waals surface area contributed by atoms with Gasteiger partial charge in [-0.2, -0.15) is 0 Å². The number of nitrogens with zero attached hydrogens (tertiary/aromatic N) is 2. The summed E-state index contributed by atoms with van der Waals surface area (Å²) >= 11 is 0. The molecule has 0 spiro atoms. The fourth-order valence-electron chi connectivity index (χ4n) is 3.32. The maximum Gasteiger partial charge on any atom is 0.230 e. The normalized spacial score (nSPS) is 21.9. The molecule has 1 aromatic rings. The zero-order chi connectivity index (χ0) is 12.8. The summed E-state index contributed by atoms with van der Waals surface area (Å²) in [5, 5.41) is 0. The summed E-state index contributed by atoms with van der Waals surface area (Å²) < 4.78 is 0. The van der Waals surface area contributed by atoms with Gasteiger partial charge in [0, 0.05) is 36.9 Å². The van der Waals surface area contributed by atoms with Crippen LogP contribution >= 0.6 is 0 Å². The average Bonchev–Trinajstić information content (AvgIpc) is 2.99. The van der Waals surface area contributed by atoms with E-state index in [0.29, 0.717) is 11.8 Å². The number of hydrogen-bond acceptors (Lipinski definition) is 2. The van der Waals surface area contributed by atoms with Crippen molar-refractivity contribution in [1.82, 2.24) is 0 Å². The van der Waals surface area contributed by atoms with E-state index in [0.717, 1.165) is 38.9 Å². The van der Waals surface area contributed by atoms with E-state index in [9.17, 15) is 4.79 Å². The molecule has 1 amide bonds. The van der Waals surface area contributed by atoms with E-state index in [1.165, 1.54) is 29.8 Å². The van der Waals surface area contributed by atoms with E-state index in [4.69, 9.17) is 0 Å². The first kappa shape index (κ1) is 11.3. The molecule has 3 aliphatic rings. The number of fused-ring (bicyclic) bond motifs is 1. The van der Waals surface area contributed by atoms with Crippen LogP contribution in [-0.4, -0.2) is 25.5 Å². The highest BCUT2D eigenvalue weighted by Crippen LogP contribution is 2.38. The van der Waals surface area contributed by atoms with Crippen LogP contribution in [-0.2, 0) is 11.2 Å². The third-order valence-electron chi connectivity index (χ3n) is 4.63. The van der Waals surface area contributed by atoms with E-state index in [1.54, 1.807) is 0 Å². The first-order valence-electron chi connectivity index (χ1n) is 7.52. The Morgan fingerprint density at radius 3 is 2.63 bits per heavy atom. The van der Waals surface area contributed by atoms with Crippen molar-refractivity contribution in [3.63, 3.8) is 0 Å². The van der Waals surface area contributed by atoms with Gasteiger partial charge in [-0.05, 0) is 49.8 Å². The van der Waals surface area contributed by atoms with Crippen molar-refractivity contribution in [3.05, 3.63) is 23.8 Å². The zero-order valence-electron chi connectivity index (χ0n) is 11.3. The fraction of sp³-hybridized carbons (Fsp3) is 0.562. The topological polar surface area (TPSA) is 23.6 Å². The molecule has 0 radical (unpaired) electrons. The van der Waals surface area contributed by atoms with Crippen LogP contribution < -0.4 is 9.80 Å². The molecule has 0 atom stereocenters. The average molecular weight is 256 g/mol. The molecule has 4 rings (SSSR count). The standard InChI is InChI=1S/C16H20N2O/c19-16(13-3-4-13)18-10-7-12-5-6-14(11-15(12)18)17-8-1-2-9-17/h5-6,11,13H,1-4,7-10H2. The van der Waals surface area contributed by atoms with Crippen LogP contribution in [0, 0.1) is 5.92 Å². The van der Waals surface area contributed by atoms with Crippen molar-refractivity contribution >= 4 is 17.3 Å². The molecule has 100 valence electrons. The van der Waals surface area contributed by atoms with Crippen LogP contribution in [0.3, 0.4) is 0 Å². The second-order valence-electron chi connectivity index (χ2n) is 6.02. The van der Waals surface area contributed by atoms with E-state index in [-0.39, 0.29) is 0 Å². The minimum atomic E-state index is 0.321. The van der Waals surface area contributed by atoms with E-state index >= 15 is 0 Å². The van der Waals surface area contributed by atoms with Crippen molar-refractivity contribution in [2.45, 2.75) is 32.1 Å². The Labute approximate surface area is 114 Å². The molecular formula is C16H20N2O. The van der Waals surface area contributed by atoms with Crippen molar-refractivity contribution in [2.75, 3.05) is 29.4 Å². The van der Waals surface area contributed by atoms with Gasteiger partial charge in [-0.3, -0.25) is 4.79 Å². The molecule has 1 aliphatic carbocycles. The van der Waals surface area contributed by atoms with Gasteiger partial charge in [0.25, 0.3) is 0 Å². The SMILES string of the molecule is O=C(C1CC1)N1CCc2ccc(N3CCCC3)cc21. The summed E-state index contributed by atoms with van der Waals surface area (Å²) in [5.41, 5.74) is 3.82. The van der Waals surface area contributed by atoms with Gasteiger partial charge in [0.2, 0.25) is 5.91 Å². The lowest BCUT2D eigenvalue weighted by atomic mass is 10.1. The minimum absolute atomic E-state index is 0.321. The van der Waals surface area contributed by atoms with Gasteiger partial charge in [0.05, 0.1) is 0 Å². The van der Waals surface area contributed by atoms with Gasteiger partial charge in [-0.15, -0.1) is 0 Å². The molecule has 1 saturated carbocycles. The third kappa shape index (κ3) is 1.92. The van der Waals surface area contributed by atoms with E-state index in [1.807, 2.05) is 4.90 Å². The smallest absolute Gasteiger partial charge is 0.230 e. The molecule has 1 saturated heterocycles. The van der Waals surface area contributed by atoms with Crippen LogP contribution in [0.1, 0.15) is 31.2 Å². The quantitative estimate of drug-likeness (QED) is 0.812. The first-order chi connectivity index (χ1) is 9.33. The second-order valence-corrected chi connectivity index (χ2v) is 6.02. The molecule has 0 bridgehead atoms. The van der Waals surface area contributed by atoms with Crippen molar-refractivity contribution in [1.29, 1.82) is 0 Å².